The van der Waals surface area contributed by atoms with Crippen LogP contribution in [0.25, 0.3) is 0 Å². The minimum absolute atomic E-state index is 0. The van der Waals surface area contributed by atoms with Crippen molar-refractivity contribution in [1.29, 1.82) is 0 Å². The molecule has 0 spiro atoms. The van der Waals surface area contributed by atoms with Crippen molar-refractivity contribution in [2.24, 2.45) is 5.92 Å². The van der Waals surface area contributed by atoms with Gasteiger partial charge in [0.15, 0.2) is 0 Å². The van der Waals surface area contributed by atoms with Gasteiger partial charge >= 0.3 is 19.5 Å². The normalized spacial score (nSPS) is 6.00. The van der Waals surface area contributed by atoms with Crippen LogP contribution >= 0.6 is 0 Å². The van der Waals surface area contributed by atoms with Crippen LogP contribution in [-0.4, -0.2) is 0 Å². The molecule has 0 fully saturated rings. The second-order valence-corrected chi connectivity index (χ2v) is 1.39. The van der Waals surface area contributed by atoms with E-state index < -0.39 is 0 Å². The SMILES string of the molecule is [CH2-]C(C)C.[I-].[Zn+2]. The van der Waals surface area contributed by atoms with Gasteiger partial charge in [0.2, 0.25) is 0 Å². The molecular formula is C4H9IZn. The standard InChI is InChI=1S/C4H9.HI.Zn/c1-4(2)3;;/h4H,1H2,2-3H3;1H;/q-1;;+2/p-1. The fraction of sp³-hybridized carbons (Fsp3) is 0.750. The zero-order valence-corrected chi connectivity index (χ0v) is 9.49. The topological polar surface area (TPSA) is 0 Å². The van der Waals surface area contributed by atoms with Gasteiger partial charge < -0.3 is 30.9 Å². The van der Waals surface area contributed by atoms with Gasteiger partial charge in [-0.2, -0.15) is 5.92 Å². The summed E-state index contributed by atoms with van der Waals surface area (Å²) in [6, 6.07) is 0. The predicted octanol–water partition coefficient (Wildman–Crippen LogP) is -1.52. The molecule has 0 radical (unpaired) electrons. The van der Waals surface area contributed by atoms with Crippen LogP contribution < -0.4 is 24.0 Å². The zero-order valence-electron chi connectivity index (χ0n) is 4.37. The first-order chi connectivity index (χ1) is 1.73. The first-order valence-electron chi connectivity index (χ1n) is 1.56. The number of hydrogen-bond donors (Lipinski definition) is 0. The smallest absolute Gasteiger partial charge is 1.00 e. The van der Waals surface area contributed by atoms with E-state index in [0.29, 0.717) is 5.92 Å². The molecule has 0 aliphatic heterocycles. The average Bonchev–Trinajstić information content (AvgIpc) is 0.811. The maximum absolute atomic E-state index is 3.64. The van der Waals surface area contributed by atoms with Gasteiger partial charge in [-0.1, -0.05) is 13.8 Å². The molecule has 0 aliphatic rings. The molecule has 6 heavy (non-hydrogen) atoms. The van der Waals surface area contributed by atoms with Gasteiger partial charge in [0, 0.05) is 0 Å². The molecule has 0 unspecified atom stereocenters. The van der Waals surface area contributed by atoms with Crippen LogP contribution in [-0.2, 0) is 19.5 Å². The Balaban J connectivity index is -0.0000000450. The quantitative estimate of drug-likeness (QED) is 0.278. The Kier molecular flexibility index (Phi) is 25.1. The van der Waals surface area contributed by atoms with Crippen molar-refractivity contribution in [3.05, 3.63) is 6.92 Å². The van der Waals surface area contributed by atoms with Crippen molar-refractivity contribution in [1.82, 2.24) is 0 Å². The van der Waals surface area contributed by atoms with Crippen LogP contribution in [0.5, 0.6) is 0 Å². The molecule has 34 valence electrons. The number of hydrogen-bond acceptors (Lipinski definition) is 0. The zero-order chi connectivity index (χ0) is 3.58. The monoisotopic (exact) mass is 248 g/mol. The Bertz CT molecular complexity index is 12.3. The minimum Gasteiger partial charge on any atom is -1.00 e. The van der Waals surface area contributed by atoms with E-state index in [1.807, 2.05) is 0 Å². The van der Waals surface area contributed by atoms with E-state index in [-0.39, 0.29) is 43.5 Å². The van der Waals surface area contributed by atoms with E-state index >= 15 is 0 Å². The summed E-state index contributed by atoms with van der Waals surface area (Å²) in [6.45, 7) is 7.75. The molecule has 0 aliphatic carbocycles. The molecule has 0 atom stereocenters. The van der Waals surface area contributed by atoms with Crippen molar-refractivity contribution >= 4 is 0 Å². The summed E-state index contributed by atoms with van der Waals surface area (Å²) in [5, 5.41) is 0. The molecular weight excluding hydrogens is 240 g/mol. The first kappa shape index (κ1) is 15.7. The fourth-order valence-electron chi connectivity index (χ4n) is 0. The third kappa shape index (κ3) is 55.4. The van der Waals surface area contributed by atoms with E-state index in [2.05, 4.69) is 20.8 Å². The molecule has 0 aromatic rings. The summed E-state index contributed by atoms with van der Waals surface area (Å²) >= 11 is 0. The van der Waals surface area contributed by atoms with E-state index in [1.54, 1.807) is 0 Å². The van der Waals surface area contributed by atoms with Crippen LogP contribution in [0.2, 0.25) is 0 Å². The third-order valence-corrected chi connectivity index (χ3v) is 0. The van der Waals surface area contributed by atoms with Gasteiger partial charge in [-0.15, -0.1) is 0 Å². The van der Waals surface area contributed by atoms with Crippen LogP contribution in [0.3, 0.4) is 0 Å². The summed E-state index contributed by atoms with van der Waals surface area (Å²) in [5.41, 5.74) is 0. The molecule has 0 heterocycles. The van der Waals surface area contributed by atoms with Crippen molar-refractivity contribution in [2.45, 2.75) is 13.8 Å². The van der Waals surface area contributed by atoms with Crippen LogP contribution in [0, 0.1) is 12.8 Å². The second-order valence-electron chi connectivity index (χ2n) is 1.39. The first-order valence-corrected chi connectivity index (χ1v) is 1.56. The van der Waals surface area contributed by atoms with Gasteiger partial charge in [0.05, 0.1) is 0 Å². The number of rotatable bonds is 0. The number of halogens is 1. The minimum atomic E-state index is 0. The van der Waals surface area contributed by atoms with Gasteiger partial charge in [-0.25, -0.2) is 0 Å². The summed E-state index contributed by atoms with van der Waals surface area (Å²) in [7, 11) is 0. The van der Waals surface area contributed by atoms with Crippen LogP contribution in [0.1, 0.15) is 13.8 Å². The Morgan fingerprint density at radius 2 is 1.33 bits per heavy atom. The van der Waals surface area contributed by atoms with E-state index in [4.69, 9.17) is 0 Å². The van der Waals surface area contributed by atoms with E-state index in [9.17, 15) is 0 Å². The summed E-state index contributed by atoms with van der Waals surface area (Å²) in [5.74, 6) is 0.583. The van der Waals surface area contributed by atoms with Crippen molar-refractivity contribution in [3.8, 4) is 0 Å². The third-order valence-electron chi connectivity index (χ3n) is 0. The van der Waals surface area contributed by atoms with Gasteiger partial charge in [-0.3, -0.25) is 0 Å². The van der Waals surface area contributed by atoms with Gasteiger partial charge in [0.25, 0.3) is 0 Å². The molecule has 0 rings (SSSR count). The van der Waals surface area contributed by atoms with Crippen molar-refractivity contribution in [2.75, 3.05) is 0 Å². The summed E-state index contributed by atoms with van der Waals surface area (Å²) in [6.07, 6.45) is 0. The summed E-state index contributed by atoms with van der Waals surface area (Å²) in [4.78, 5) is 0. The Hall–Kier alpha value is 1.35. The molecule has 2 heteroatoms. The predicted molar refractivity (Wildman–Crippen MR) is 20.2 cm³/mol. The molecule has 0 amide bonds. The average molecular weight is 249 g/mol. The van der Waals surface area contributed by atoms with E-state index in [1.165, 1.54) is 0 Å². The van der Waals surface area contributed by atoms with Gasteiger partial charge in [-0.05, 0) is 0 Å². The maximum atomic E-state index is 3.64. The molecule has 0 nitrogen and oxygen atoms in total. The molecule has 0 saturated heterocycles. The van der Waals surface area contributed by atoms with Crippen LogP contribution in [0.4, 0.5) is 0 Å². The Labute approximate surface area is 69.9 Å². The Morgan fingerprint density at radius 1 is 1.33 bits per heavy atom. The fourth-order valence-corrected chi connectivity index (χ4v) is 0. The largest absolute Gasteiger partial charge is 2.00 e. The van der Waals surface area contributed by atoms with Gasteiger partial charge in [0.1, 0.15) is 0 Å². The summed E-state index contributed by atoms with van der Waals surface area (Å²) < 4.78 is 0. The van der Waals surface area contributed by atoms with Crippen molar-refractivity contribution in [3.63, 3.8) is 0 Å². The van der Waals surface area contributed by atoms with Crippen molar-refractivity contribution < 1.29 is 43.5 Å². The molecule has 0 aromatic carbocycles. The Morgan fingerprint density at radius 3 is 1.33 bits per heavy atom. The van der Waals surface area contributed by atoms with E-state index in [0.717, 1.165) is 0 Å². The molecule has 0 N–H and O–H groups in total. The molecule has 0 bridgehead atoms. The van der Waals surface area contributed by atoms with Crippen LogP contribution in [0.15, 0.2) is 0 Å². The molecule has 0 aromatic heterocycles. The second kappa shape index (κ2) is 9.61. The maximum Gasteiger partial charge on any atom is 2.00 e. The molecule has 0 saturated carbocycles.